The largest absolute Gasteiger partial charge is 0.497 e. The number of nitrogens with two attached hydrogens (primary N) is 1. The highest BCUT2D eigenvalue weighted by molar-refractivity contribution is 7.99. The Bertz CT molecular complexity index is 821. The van der Waals surface area contributed by atoms with Crippen LogP contribution in [0.2, 0.25) is 0 Å². The molecule has 0 saturated carbocycles. The summed E-state index contributed by atoms with van der Waals surface area (Å²) in [5.74, 6) is 2.02. The summed E-state index contributed by atoms with van der Waals surface area (Å²) in [5, 5.41) is 0.675. The van der Waals surface area contributed by atoms with E-state index in [1.165, 1.54) is 11.8 Å². The van der Waals surface area contributed by atoms with E-state index in [0.29, 0.717) is 10.8 Å². The SMILES string of the molecule is COc1ccc(Sc2nc(-c3ccc(OC)cc3)cnc2N)cc1. The van der Waals surface area contributed by atoms with E-state index in [4.69, 9.17) is 15.2 Å². The van der Waals surface area contributed by atoms with Crippen LogP contribution in [0.5, 0.6) is 11.5 Å². The van der Waals surface area contributed by atoms with Gasteiger partial charge >= 0.3 is 0 Å². The van der Waals surface area contributed by atoms with Gasteiger partial charge in [-0.15, -0.1) is 0 Å². The molecule has 0 fully saturated rings. The third-order valence-corrected chi connectivity index (χ3v) is 4.43. The van der Waals surface area contributed by atoms with Crippen molar-refractivity contribution < 1.29 is 9.47 Å². The van der Waals surface area contributed by atoms with Crippen LogP contribution in [0.3, 0.4) is 0 Å². The molecule has 1 aromatic heterocycles. The molecule has 0 atom stereocenters. The first-order valence-electron chi connectivity index (χ1n) is 7.28. The van der Waals surface area contributed by atoms with Gasteiger partial charge in [0.15, 0.2) is 5.82 Å². The number of rotatable bonds is 5. The van der Waals surface area contributed by atoms with Gasteiger partial charge in [0, 0.05) is 10.5 Å². The molecule has 6 heteroatoms. The summed E-state index contributed by atoms with van der Waals surface area (Å²) in [6, 6.07) is 15.4. The van der Waals surface area contributed by atoms with E-state index < -0.39 is 0 Å². The maximum atomic E-state index is 5.98. The van der Waals surface area contributed by atoms with E-state index in [0.717, 1.165) is 27.7 Å². The van der Waals surface area contributed by atoms with Gasteiger partial charge in [0.2, 0.25) is 0 Å². The van der Waals surface area contributed by atoms with Crippen LogP contribution in [0, 0.1) is 0 Å². The fourth-order valence-electron chi connectivity index (χ4n) is 2.11. The fraction of sp³-hybridized carbons (Fsp3) is 0.111. The summed E-state index contributed by atoms with van der Waals surface area (Å²) in [5.41, 5.74) is 7.70. The molecule has 0 spiro atoms. The van der Waals surface area contributed by atoms with Gasteiger partial charge in [0.25, 0.3) is 0 Å². The third kappa shape index (κ3) is 3.60. The van der Waals surface area contributed by atoms with Gasteiger partial charge in [0.05, 0.1) is 26.1 Å². The smallest absolute Gasteiger partial charge is 0.156 e. The quantitative estimate of drug-likeness (QED) is 0.760. The second-order valence-corrected chi connectivity index (χ2v) is 6.01. The number of aromatic nitrogens is 2. The molecule has 0 aliphatic heterocycles. The molecule has 3 aromatic rings. The van der Waals surface area contributed by atoms with Gasteiger partial charge in [-0.2, -0.15) is 0 Å². The van der Waals surface area contributed by atoms with Gasteiger partial charge < -0.3 is 15.2 Å². The molecule has 0 bridgehead atoms. The van der Waals surface area contributed by atoms with Crippen molar-refractivity contribution in [1.82, 2.24) is 9.97 Å². The number of anilines is 1. The van der Waals surface area contributed by atoms with Crippen LogP contribution in [0.15, 0.2) is 64.6 Å². The maximum absolute atomic E-state index is 5.98. The molecule has 0 unspecified atom stereocenters. The molecule has 3 rings (SSSR count). The monoisotopic (exact) mass is 339 g/mol. The van der Waals surface area contributed by atoms with Crippen molar-refractivity contribution in [3.05, 3.63) is 54.7 Å². The van der Waals surface area contributed by atoms with Gasteiger partial charge in [-0.25, -0.2) is 9.97 Å². The Kier molecular flexibility index (Phi) is 4.86. The summed E-state index contributed by atoms with van der Waals surface area (Å²) in [7, 11) is 3.28. The second kappa shape index (κ2) is 7.23. The number of hydrogen-bond acceptors (Lipinski definition) is 6. The molecule has 1 heterocycles. The van der Waals surface area contributed by atoms with Crippen molar-refractivity contribution in [1.29, 1.82) is 0 Å². The standard InChI is InChI=1S/C18H17N3O2S/c1-22-13-5-3-12(4-6-13)16-11-20-17(19)18(21-16)24-15-9-7-14(23-2)8-10-15/h3-11H,1-2H3,(H2,19,20). The Hall–Kier alpha value is -2.73. The molecule has 2 aromatic carbocycles. The number of nitrogen functional groups attached to an aromatic ring is 1. The first kappa shape index (κ1) is 16.1. The predicted octanol–water partition coefficient (Wildman–Crippen LogP) is 3.89. The van der Waals surface area contributed by atoms with E-state index >= 15 is 0 Å². The summed E-state index contributed by atoms with van der Waals surface area (Å²) in [4.78, 5) is 9.92. The summed E-state index contributed by atoms with van der Waals surface area (Å²) in [6.45, 7) is 0. The summed E-state index contributed by atoms with van der Waals surface area (Å²) >= 11 is 1.47. The molecule has 0 amide bonds. The fourth-order valence-corrected chi connectivity index (χ4v) is 2.91. The van der Waals surface area contributed by atoms with Crippen LogP contribution < -0.4 is 15.2 Å². The molecular formula is C18H17N3O2S. The van der Waals surface area contributed by atoms with Crippen LogP contribution >= 0.6 is 11.8 Å². The van der Waals surface area contributed by atoms with Crippen LogP contribution in [-0.2, 0) is 0 Å². The Labute approximate surface area is 144 Å². The molecular weight excluding hydrogens is 322 g/mol. The molecule has 0 radical (unpaired) electrons. The van der Waals surface area contributed by atoms with Crippen LogP contribution in [0.25, 0.3) is 11.3 Å². The predicted molar refractivity (Wildman–Crippen MR) is 95.5 cm³/mol. The first-order valence-corrected chi connectivity index (χ1v) is 8.10. The van der Waals surface area contributed by atoms with E-state index in [9.17, 15) is 0 Å². The molecule has 24 heavy (non-hydrogen) atoms. The lowest BCUT2D eigenvalue weighted by atomic mass is 10.1. The van der Waals surface area contributed by atoms with Crippen LogP contribution in [-0.4, -0.2) is 24.2 Å². The second-order valence-electron chi connectivity index (χ2n) is 4.95. The molecule has 122 valence electrons. The molecule has 0 aliphatic carbocycles. The van der Waals surface area contributed by atoms with Crippen LogP contribution in [0.1, 0.15) is 0 Å². The topological polar surface area (TPSA) is 70.3 Å². The van der Waals surface area contributed by atoms with E-state index in [2.05, 4.69) is 9.97 Å². The summed E-state index contributed by atoms with van der Waals surface area (Å²) < 4.78 is 10.3. The normalized spacial score (nSPS) is 10.4. The number of benzene rings is 2. The molecule has 0 aliphatic rings. The highest BCUT2D eigenvalue weighted by Gasteiger charge is 2.09. The molecule has 0 saturated heterocycles. The average Bonchev–Trinajstić information content (AvgIpc) is 2.64. The van der Waals surface area contributed by atoms with Crippen LogP contribution in [0.4, 0.5) is 5.82 Å². The van der Waals surface area contributed by atoms with Crippen molar-refractivity contribution in [3.63, 3.8) is 0 Å². The number of nitrogens with zero attached hydrogens (tertiary/aromatic N) is 2. The Balaban J connectivity index is 1.87. The van der Waals surface area contributed by atoms with Crippen molar-refractivity contribution in [2.75, 3.05) is 20.0 Å². The summed E-state index contributed by atoms with van der Waals surface area (Å²) in [6.07, 6.45) is 1.68. The van der Waals surface area contributed by atoms with Crippen molar-refractivity contribution in [3.8, 4) is 22.8 Å². The van der Waals surface area contributed by atoms with E-state index in [1.807, 2.05) is 48.5 Å². The lowest BCUT2D eigenvalue weighted by Crippen LogP contribution is -1.97. The zero-order valence-corrected chi connectivity index (χ0v) is 14.2. The van der Waals surface area contributed by atoms with Gasteiger partial charge in [-0.1, -0.05) is 11.8 Å². The minimum atomic E-state index is 0.410. The zero-order valence-electron chi connectivity index (χ0n) is 13.4. The Morgan fingerprint density at radius 3 is 2.04 bits per heavy atom. The lowest BCUT2D eigenvalue weighted by molar-refractivity contribution is 0.414. The average molecular weight is 339 g/mol. The first-order chi connectivity index (χ1) is 11.7. The van der Waals surface area contributed by atoms with E-state index in [1.54, 1.807) is 20.4 Å². The van der Waals surface area contributed by atoms with Gasteiger partial charge in [0.1, 0.15) is 16.5 Å². The molecule has 5 nitrogen and oxygen atoms in total. The number of methoxy groups -OCH3 is 2. The third-order valence-electron chi connectivity index (χ3n) is 3.43. The Morgan fingerprint density at radius 2 is 1.46 bits per heavy atom. The minimum Gasteiger partial charge on any atom is -0.497 e. The Morgan fingerprint density at radius 1 is 0.875 bits per heavy atom. The zero-order chi connectivity index (χ0) is 16.9. The highest BCUT2D eigenvalue weighted by atomic mass is 32.2. The lowest BCUT2D eigenvalue weighted by Gasteiger charge is -2.08. The highest BCUT2D eigenvalue weighted by Crippen LogP contribution is 2.32. The molecule has 2 N–H and O–H groups in total. The number of ether oxygens (including phenoxy) is 2. The van der Waals surface area contributed by atoms with Gasteiger partial charge in [-0.05, 0) is 48.5 Å². The van der Waals surface area contributed by atoms with E-state index in [-0.39, 0.29) is 0 Å². The van der Waals surface area contributed by atoms with Crippen molar-refractivity contribution in [2.45, 2.75) is 9.92 Å². The number of hydrogen-bond donors (Lipinski definition) is 1. The maximum Gasteiger partial charge on any atom is 0.156 e. The van der Waals surface area contributed by atoms with Gasteiger partial charge in [-0.3, -0.25) is 0 Å². The van der Waals surface area contributed by atoms with Crippen molar-refractivity contribution in [2.24, 2.45) is 0 Å². The minimum absolute atomic E-state index is 0.410. The van der Waals surface area contributed by atoms with Crippen molar-refractivity contribution >= 4 is 17.6 Å².